The van der Waals surface area contributed by atoms with Crippen molar-refractivity contribution in [3.63, 3.8) is 0 Å². The van der Waals surface area contributed by atoms with E-state index in [1.54, 1.807) is 0 Å². The first-order valence-electron chi connectivity index (χ1n) is 7.95. The Labute approximate surface area is 143 Å². The van der Waals surface area contributed by atoms with E-state index in [9.17, 15) is 9.90 Å². The predicted octanol–water partition coefficient (Wildman–Crippen LogP) is 3.22. The number of nitrogens with zero attached hydrogens (tertiary/aromatic N) is 1. The molecule has 2 rings (SSSR count). The molecule has 0 heterocycles. The van der Waals surface area contributed by atoms with Gasteiger partial charge in [0, 0.05) is 32.0 Å². The molecule has 3 N–H and O–H groups in total. The smallest absolute Gasteiger partial charge is 0.319 e. The van der Waals surface area contributed by atoms with Crippen molar-refractivity contribution in [3.05, 3.63) is 59.2 Å². The first kappa shape index (κ1) is 17.8. The second-order valence-corrected chi connectivity index (χ2v) is 6.10. The van der Waals surface area contributed by atoms with Gasteiger partial charge in [-0.2, -0.15) is 0 Å². The van der Waals surface area contributed by atoms with Crippen molar-refractivity contribution < 1.29 is 9.90 Å². The van der Waals surface area contributed by atoms with Crippen LogP contribution in [0.2, 0.25) is 0 Å². The second kappa shape index (κ2) is 7.84. The molecule has 24 heavy (non-hydrogen) atoms. The molecule has 5 nitrogen and oxygen atoms in total. The van der Waals surface area contributed by atoms with Crippen molar-refractivity contribution in [2.75, 3.05) is 30.9 Å². The van der Waals surface area contributed by atoms with Crippen molar-refractivity contribution in [1.29, 1.82) is 0 Å². The Hall–Kier alpha value is -2.53. The Morgan fingerprint density at radius 2 is 1.83 bits per heavy atom. The molecule has 128 valence electrons. The summed E-state index contributed by atoms with van der Waals surface area (Å²) in [6.07, 6.45) is -0.727. The lowest BCUT2D eigenvalue weighted by Gasteiger charge is -2.17. The van der Waals surface area contributed by atoms with Crippen LogP contribution in [0.3, 0.4) is 0 Å². The summed E-state index contributed by atoms with van der Waals surface area (Å²) in [7, 11) is 3.96. The fourth-order valence-electron chi connectivity index (χ4n) is 2.67. The summed E-state index contributed by atoms with van der Waals surface area (Å²) >= 11 is 0. The molecule has 2 aromatic carbocycles. The maximum absolute atomic E-state index is 12.0. The molecule has 1 atom stereocenters. The number of aliphatic hydroxyl groups is 1. The number of carbonyl (C=O) groups is 1. The minimum absolute atomic E-state index is 0.158. The summed E-state index contributed by atoms with van der Waals surface area (Å²) < 4.78 is 0. The second-order valence-electron chi connectivity index (χ2n) is 6.10. The van der Waals surface area contributed by atoms with E-state index < -0.39 is 6.10 Å². The van der Waals surface area contributed by atoms with Gasteiger partial charge >= 0.3 is 6.03 Å². The molecular formula is C19H25N3O2. The Balaban J connectivity index is 1.92. The normalized spacial score (nSPS) is 11.7. The van der Waals surface area contributed by atoms with E-state index in [1.165, 1.54) is 0 Å². The van der Waals surface area contributed by atoms with Gasteiger partial charge in [-0.1, -0.05) is 24.3 Å². The minimum atomic E-state index is -0.727. The molecule has 0 saturated carbocycles. The highest BCUT2D eigenvalue weighted by Gasteiger charge is 2.11. The maximum atomic E-state index is 12.0. The van der Waals surface area contributed by atoms with E-state index >= 15 is 0 Å². The molecule has 1 unspecified atom stereocenters. The van der Waals surface area contributed by atoms with Gasteiger partial charge in [0.1, 0.15) is 0 Å². The fourth-order valence-corrected chi connectivity index (χ4v) is 2.67. The largest absolute Gasteiger partial charge is 0.387 e. The van der Waals surface area contributed by atoms with Crippen LogP contribution in [-0.2, 0) is 0 Å². The van der Waals surface area contributed by atoms with Crippen LogP contribution in [0.5, 0.6) is 0 Å². The Bertz CT molecular complexity index is 714. The number of urea groups is 1. The molecule has 2 aromatic rings. The van der Waals surface area contributed by atoms with Crippen LogP contribution < -0.4 is 15.5 Å². The molecule has 0 aromatic heterocycles. The van der Waals surface area contributed by atoms with Crippen molar-refractivity contribution >= 4 is 17.4 Å². The standard InChI is InChI=1S/C19H25N3O2/c1-13-7-5-6-8-16(13)18(23)12-20-19(24)21-15-9-10-17(22(3)4)14(2)11-15/h5-11,18,23H,12H2,1-4H3,(H2,20,21,24). The number of anilines is 2. The monoisotopic (exact) mass is 327 g/mol. The summed E-state index contributed by atoms with van der Waals surface area (Å²) in [6.45, 7) is 4.10. The third-order valence-corrected chi connectivity index (χ3v) is 3.94. The first-order chi connectivity index (χ1) is 11.4. The molecule has 0 bridgehead atoms. The predicted molar refractivity (Wildman–Crippen MR) is 98.7 cm³/mol. The summed E-state index contributed by atoms with van der Waals surface area (Å²) in [5.74, 6) is 0. The molecule has 0 radical (unpaired) electrons. The van der Waals surface area contributed by atoms with Gasteiger partial charge in [-0.15, -0.1) is 0 Å². The minimum Gasteiger partial charge on any atom is -0.387 e. The summed E-state index contributed by atoms with van der Waals surface area (Å²) in [6, 6.07) is 13.0. The van der Waals surface area contributed by atoms with Gasteiger partial charge in [-0.25, -0.2) is 4.79 Å². The van der Waals surface area contributed by atoms with Crippen LogP contribution >= 0.6 is 0 Å². The molecule has 0 fully saturated rings. The number of nitrogens with one attached hydrogen (secondary N) is 2. The molecule has 0 saturated heterocycles. The van der Waals surface area contributed by atoms with Gasteiger partial charge in [0.05, 0.1) is 6.10 Å². The van der Waals surface area contributed by atoms with Crippen molar-refractivity contribution in [1.82, 2.24) is 5.32 Å². The van der Waals surface area contributed by atoms with Crippen molar-refractivity contribution in [2.45, 2.75) is 20.0 Å². The maximum Gasteiger partial charge on any atom is 0.319 e. The zero-order chi connectivity index (χ0) is 17.7. The average Bonchev–Trinajstić information content (AvgIpc) is 2.52. The Morgan fingerprint density at radius 3 is 2.46 bits per heavy atom. The van der Waals surface area contributed by atoms with E-state index in [2.05, 4.69) is 10.6 Å². The molecule has 2 amide bonds. The third kappa shape index (κ3) is 4.49. The van der Waals surface area contributed by atoms with Crippen LogP contribution in [0.15, 0.2) is 42.5 Å². The van der Waals surface area contributed by atoms with E-state index in [0.29, 0.717) is 0 Å². The van der Waals surface area contributed by atoms with Crippen molar-refractivity contribution in [3.8, 4) is 0 Å². The molecular weight excluding hydrogens is 302 g/mol. The summed E-state index contributed by atoms with van der Waals surface area (Å²) in [4.78, 5) is 14.0. The van der Waals surface area contributed by atoms with Gasteiger partial charge < -0.3 is 20.6 Å². The molecule has 5 heteroatoms. The first-order valence-corrected chi connectivity index (χ1v) is 7.95. The average molecular weight is 327 g/mol. The molecule has 0 aliphatic heterocycles. The Morgan fingerprint density at radius 1 is 1.12 bits per heavy atom. The lowest BCUT2D eigenvalue weighted by Crippen LogP contribution is -2.32. The zero-order valence-electron chi connectivity index (χ0n) is 14.6. The van der Waals surface area contributed by atoms with Gasteiger partial charge in [-0.05, 0) is 48.7 Å². The number of amides is 2. The van der Waals surface area contributed by atoms with Crippen molar-refractivity contribution in [2.24, 2.45) is 0 Å². The molecule has 0 aliphatic rings. The zero-order valence-corrected chi connectivity index (χ0v) is 14.6. The highest BCUT2D eigenvalue weighted by atomic mass is 16.3. The van der Waals surface area contributed by atoms with Gasteiger partial charge in [0.15, 0.2) is 0 Å². The van der Waals surface area contributed by atoms with Gasteiger partial charge in [-0.3, -0.25) is 0 Å². The van der Waals surface area contributed by atoms with Crippen LogP contribution in [-0.4, -0.2) is 31.8 Å². The lowest BCUT2D eigenvalue weighted by molar-refractivity contribution is 0.174. The topological polar surface area (TPSA) is 64.6 Å². The molecule has 0 spiro atoms. The van der Waals surface area contributed by atoms with Crippen LogP contribution in [0.4, 0.5) is 16.2 Å². The van der Waals surface area contributed by atoms with Crippen LogP contribution in [0.25, 0.3) is 0 Å². The number of hydrogen-bond acceptors (Lipinski definition) is 3. The van der Waals surface area contributed by atoms with Gasteiger partial charge in [0.2, 0.25) is 0 Å². The summed E-state index contributed by atoms with van der Waals surface area (Å²) in [5.41, 5.74) is 4.74. The van der Waals surface area contributed by atoms with Crippen LogP contribution in [0, 0.1) is 13.8 Å². The van der Waals surface area contributed by atoms with Crippen LogP contribution in [0.1, 0.15) is 22.8 Å². The number of rotatable bonds is 5. The number of aliphatic hydroxyl groups excluding tert-OH is 1. The van der Waals surface area contributed by atoms with Gasteiger partial charge in [0.25, 0.3) is 0 Å². The fraction of sp³-hybridized carbons (Fsp3) is 0.316. The number of hydrogen-bond donors (Lipinski definition) is 3. The lowest BCUT2D eigenvalue weighted by atomic mass is 10.0. The number of carbonyl (C=O) groups excluding carboxylic acids is 1. The SMILES string of the molecule is Cc1ccccc1C(O)CNC(=O)Nc1ccc(N(C)C)c(C)c1. The number of benzene rings is 2. The van der Waals surface area contributed by atoms with E-state index in [0.717, 1.165) is 28.1 Å². The highest BCUT2D eigenvalue weighted by molar-refractivity contribution is 5.89. The van der Waals surface area contributed by atoms with E-state index in [-0.39, 0.29) is 12.6 Å². The number of aryl methyl sites for hydroxylation is 2. The third-order valence-electron chi connectivity index (χ3n) is 3.94. The Kier molecular flexibility index (Phi) is 5.82. The highest BCUT2D eigenvalue weighted by Crippen LogP contribution is 2.21. The quantitative estimate of drug-likeness (QED) is 0.790. The van der Waals surface area contributed by atoms with E-state index in [1.807, 2.05) is 75.3 Å². The summed E-state index contributed by atoms with van der Waals surface area (Å²) in [5, 5.41) is 15.7. The van der Waals surface area contributed by atoms with E-state index in [4.69, 9.17) is 0 Å². The molecule has 0 aliphatic carbocycles.